The number of hydrogen-bond acceptors (Lipinski definition) is 6. The van der Waals surface area contributed by atoms with E-state index in [2.05, 4.69) is 5.32 Å². The quantitative estimate of drug-likeness (QED) is 0.568. The van der Waals surface area contributed by atoms with Gasteiger partial charge < -0.3 is 9.84 Å². The monoisotopic (exact) mass is 422 g/mol. The molecule has 0 aliphatic carbocycles. The number of benzene rings is 2. The number of hydrogen-bond donors (Lipinski definition) is 2. The molecule has 4 atom stereocenters. The lowest BCUT2D eigenvalue weighted by Crippen LogP contribution is -2.57. The molecule has 2 fully saturated rings. The van der Waals surface area contributed by atoms with Crippen LogP contribution in [0, 0.1) is 17.8 Å². The fourth-order valence-electron chi connectivity index (χ4n) is 5.09. The van der Waals surface area contributed by atoms with Gasteiger partial charge in [0, 0.05) is 6.04 Å². The van der Waals surface area contributed by atoms with Crippen LogP contribution in [0.5, 0.6) is 5.75 Å². The van der Waals surface area contributed by atoms with Crippen molar-refractivity contribution in [2.45, 2.75) is 31.8 Å². The summed E-state index contributed by atoms with van der Waals surface area (Å²) < 4.78 is 5.15. The van der Waals surface area contributed by atoms with Gasteiger partial charge in [-0.05, 0) is 42.2 Å². The topological polar surface area (TPSA) is 95.9 Å². The number of rotatable bonds is 5. The second kappa shape index (κ2) is 7.81. The molecule has 2 saturated heterocycles. The molecule has 0 spiro atoms. The first kappa shape index (κ1) is 21.1. The van der Waals surface area contributed by atoms with E-state index in [-0.39, 0.29) is 17.6 Å². The first-order valence-electron chi connectivity index (χ1n) is 10.4. The lowest BCUT2D eigenvalue weighted by Gasteiger charge is -2.33. The van der Waals surface area contributed by atoms with E-state index in [0.717, 1.165) is 5.56 Å². The third-order valence-corrected chi connectivity index (χ3v) is 6.20. The van der Waals surface area contributed by atoms with Gasteiger partial charge in [0.25, 0.3) is 0 Å². The summed E-state index contributed by atoms with van der Waals surface area (Å²) in [5.74, 6) is -2.79. The lowest BCUT2D eigenvalue weighted by atomic mass is 9.75. The molecule has 2 aromatic carbocycles. The Balaban J connectivity index is 1.87. The number of imide groups is 1. The molecular weight excluding hydrogens is 396 g/mol. The molecule has 0 bridgehead atoms. The highest BCUT2D eigenvalue weighted by Crippen LogP contribution is 2.52. The van der Waals surface area contributed by atoms with Gasteiger partial charge in [-0.15, -0.1) is 0 Å². The minimum atomic E-state index is -1.33. The van der Waals surface area contributed by atoms with Gasteiger partial charge in [0.2, 0.25) is 11.8 Å². The average molecular weight is 422 g/mol. The van der Waals surface area contributed by atoms with Crippen LogP contribution < -0.4 is 10.2 Å². The standard InChI is InChI=1S/C24H26N2O5/c1-14(2)13-24(23(30)31-3)19-18(20(25-24)15-9-11-17(27)12-10-15)21(28)26(22(19)29)16-7-5-4-6-8-16/h4-12,14,18-20,25,27H,13H2,1-3H3/t18?,19?,20-,24-/m1/s1. The number of anilines is 1. The lowest BCUT2D eigenvalue weighted by molar-refractivity contribution is -0.153. The molecule has 0 saturated carbocycles. The highest BCUT2D eigenvalue weighted by Gasteiger charge is 2.68. The van der Waals surface area contributed by atoms with E-state index in [0.29, 0.717) is 12.1 Å². The second-order valence-electron chi connectivity index (χ2n) is 8.63. The van der Waals surface area contributed by atoms with Gasteiger partial charge in [-0.1, -0.05) is 44.2 Å². The van der Waals surface area contributed by atoms with Gasteiger partial charge in [0.15, 0.2) is 0 Å². The van der Waals surface area contributed by atoms with Crippen molar-refractivity contribution in [3.8, 4) is 5.75 Å². The number of nitrogens with one attached hydrogen (secondary N) is 1. The number of carbonyl (C=O) groups excluding carboxylic acids is 3. The van der Waals surface area contributed by atoms with E-state index in [9.17, 15) is 19.5 Å². The van der Waals surface area contributed by atoms with E-state index >= 15 is 0 Å². The van der Waals surface area contributed by atoms with Crippen LogP contribution in [0.2, 0.25) is 0 Å². The maximum absolute atomic E-state index is 13.7. The molecule has 162 valence electrons. The first-order chi connectivity index (χ1) is 14.8. The van der Waals surface area contributed by atoms with Crippen molar-refractivity contribution in [3.63, 3.8) is 0 Å². The Labute approximate surface area is 181 Å². The largest absolute Gasteiger partial charge is 0.508 e. The number of phenols is 1. The van der Waals surface area contributed by atoms with Crippen molar-refractivity contribution in [3.05, 3.63) is 60.2 Å². The van der Waals surface area contributed by atoms with Crippen LogP contribution in [-0.2, 0) is 19.1 Å². The van der Waals surface area contributed by atoms with Gasteiger partial charge in [-0.3, -0.25) is 19.7 Å². The van der Waals surface area contributed by atoms with E-state index in [1.807, 2.05) is 19.9 Å². The van der Waals surface area contributed by atoms with Crippen molar-refractivity contribution < 1.29 is 24.2 Å². The number of fused-ring (bicyclic) bond motifs is 1. The number of amides is 2. The SMILES string of the molecule is COC(=O)[C@]1(CC(C)C)N[C@H](c2ccc(O)cc2)C2C(=O)N(c3ccccc3)C(=O)C21. The van der Waals surface area contributed by atoms with E-state index in [1.54, 1.807) is 36.4 Å². The summed E-state index contributed by atoms with van der Waals surface area (Å²) in [5.41, 5.74) is -0.120. The highest BCUT2D eigenvalue weighted by molar-refractivity contribution is 6.24. The predicted octanol–water partition coefficient (Wildman–Crippen LogP) is 2.80. The number of carbonyl (C=O) groups is 3. The number of nitrogens with zero attached hydrogens (tertiary/aromatic N) is 1. The van der Waals surface area contributed by atoms with E-state index in [4.69, 9.17) is 4.74 Å². The van der Waals surface area contributed by atoms with Gasteiger partial charge in [0.1, 0.15) is 11.3 Å². The molecule has 4 rings (SSSR count). The van der Waals surface area contributed by atoms with Crippen molar-refractivity contribution >= 4 is 23.5 Å². The third kappa shape index (κ3) is 3.29. The Morgan fingerprint density at radius 2 is 1.74 bits per heavy atom. The van der Waals surface area contributed by atoms with Crippen LogP contribution in [-0.4, -0.2) is 35.5 Å². The predicted molar refractivity (Wildman–Crippen MR) is 114 cm³/mol. The summed E-state index contributed by atoms with van der Waals surface area (Å²) in [7, 11) is 1.30. The van der Waals surface area contributed by atoms with Crippen molar-refractivity contribution in [2.24, 2.45) is 17.8 Å². The number of phenolic OH excluding ortho intramolecular Hbond substituents is 1. The molecule has 0 radical (unpaired) electrons. The fourth-order valence-corrected chi connectivity index (χ4v) is 5.09. The summed E-state index contributed by atoms with van der Waals surface area (Å²) >= 11 is 0. The van der Waals surface area contributed by atoms with Crippen LogP contribution in [0.25, 0.3) is 0 Å². The molecule has 31 heavy (non-hydrogen) atoms. The molecule has 2 aliphatic rings. The van der Waals surface area contributed by atoms with Crippen LogP contribution in [0.3, 0.4) is 0 Å². The van der Waals surface area contributed by atoms with Gasteiger partial charge in [0.05, 0.1) is 24.6 Å². The molecule has 2 unspecified atom stereocenters. The normalized spacial score (nSPS) is 27.6. The Morgan fingerprint density at radius 1 is 1.10 bits per heavy atom. The zero-order chi connectivity index (χ0) is 22.3. The number of esters is 1. The van der Waals surface area contributed by atoms with Gasteiger partial charge in [-0.25, -0.2) is 4.90 Å². The zero-order valence-corrected chi connectivity index (χ0v) is 17.7. The molecule has 0 aromatic heterocycles. The maximum atomic E-state index is 13.7. The molecule has 7 nitrogen and oxygen atoms in total. The van der Waals surface area contributed by atoms with Crippen LogP contribution >= 0.6 is 0 Å². The Morgan fingerprint density at radius 3 is 2.32 bits per heavy atom. The maximum Gasteiger partial charge on any atom is 0.326 e. The Kier molecular flexibility index (Phi) is 5.31. The van der Waals surface area contributed by atoms with E-state index in [1.165, 1.54) is 24.1 Å². The van der Waals surface area contributed by atoms with Crippen molar-refractivity contribution in [1.29, 1.82) is 0 Å². The van der Waals surface area contributed by atoms with Crippen LogP contribution in [0.1, 0.15) is 31.9 Å². The summed E-state index contributed by atoms with van der Waals surface area (Å²) in [6.45, 7) is 3.93. The minimum Gasteiger partial charge on any atom is -0.508 e. The van der Waals surface area contributed by atoms with E-state index < -0.39 is 35.3 Å². The number of aromatic hydroxyl groups is 1. The third-order valence-electron chi connectivity index (χ3n) is 6.20. The van der Waals surface area contributed by atoms with Gasteiger partial charge >= 0.3 is 5.97 Å². The molecule has 2 aliphatic heterocycles. The average Bonchev–Trinajstić information content (AvgIpc) is 3.22. The molecule has 2 aromatic rings. The highest BCUT2D eigenvalue weighted by atomic mass is 16.5. The minimum absolute atomic E-state index is 0.0690. The van der Waals surface area contributed by atoms with Crippen molar-refractivity contribution in [2.75, 3.05) is 12.0 Å². The van der Waals surface area contributed by atoms with Crippen LogP contribution in [0.4, 0.5) is 5.69 Å². The zero-order valence-electron chi connectivity index (χ0n) is 17.7. The van der Waals surface area contributed by atoms with Crippen molar-refractivity contribution in [1.82, 2.24) is 5.32 Å². The summed E-state index contributed by atoms with van der Waals surface area (Å²) in [4.78, 5) is 41.6. The molecular formula is C24H26N2O5. The molecule has 2 heterocycles. The fraction of sp³-hybridized carbons (Fsp3) is 0.375. The Bertz CT molecular complexity index is 1000. The molecule has 2 amide bonds. The van der Waals surface area contributed by atoms with Gasteiger partial charge in [-0.2, -0.15) is 0 Å². The van der Waals surface area contributed by atoms with Crippen LogP contribution in [0.15, 0.2) is 54.6 Å². The second-order valence-corrected chi connectivity index (χ2v) is 8.63. The summed E-state index contributed by atoms with van der Waals surface area (Å²) in [6, 6.07) is 14.7. The molecule has 2 N–H and O–H groups in total. The Hall–Kier alpha value is -3.19. The molecule has 7 heteroatoms. The summed E-state index contributed by atoms with van der Waals surface area (Å²) in [5, 5.41) is 13.0. The first-order valence-corrected chi connectivity index (χ1v) is 10.4. The number of methoxy groups -OCH3 is 1. The summed E-state index contributed by atoms with van der Waals surface area (Å²) in [6.07, 6.45) is 0.344. The number of ether oxygens (including phenoxy) is 1. The number of para-hydroxylation sites is 1. The smallest absolute Gasteiger partial charge is 0.326 e.